The highest BCUT2D eigenvalue weighted by molar-refractivity contribution is 6.09. The van der Waals surface area contributed by atoms with Crippen LogP contribution in [0.2, 0.25) is 0 Å². The zero-order valence-electron chi connectivity index (χ0n) is 14.7. The minimum Gasteiger partial charge on any atom is -0.352 e. The number of nitrogens with zero attached hydrogens (tertiary/aromatic N) is 1. The number of rotatable bonds is 4. The number of amides is 4. The van der Waals surface area contributed by atoms with Gasteiger partial charge in [-0.3, -0.25) is 14.5 Å². The highest BCUT2D eigenvalue weighted by Gasteiger charge is 2.49. The topological polar surface area (TPSA) is 78.5 Å². The smallest absolute Gasteiger partial charge is 0.325 e. The molecule has 0 spiro atoms. The van der Waals surface area contributed by atoms with Crippen LogP contribution in [0.5, 0.6) is 0 Å². The quantitative estimate of drug-likeness (QED) is 0.822. The number of carbonyl (C=O) groups excluding carboxylic acids is 3. The lowest BCUT2D eigenvalue weighted by atomic mass is 9.87. The summed E-state index contributed by atoms with van der Waals surface area (Å²) in [6.07, 6.45) is 4.10. The van der Waals surface area contributed by atoms with Gasteiger partial charge in [-0.1, -0.05) is 37.3 Å². The lowest BCUT2D eigenvalue weighted by Crippen LogP contribution is -2.46. The van der Waals surface area contributed by atoms with Crippen molar-refractivity contribution in [1.29, 1.82) is 0 Å². The van der Waals surface area contributed by atoms with Gasteiger partial charge in [0.25, 0.3) is 5.91 Å². The number of imide groups is 1. The molecule has 1 atom stereocenters. The van der Waals surface area contributed by atoms with Crippen LogP contribution in [0.4, 0.5) is 4.79 Å². The maximum absolute atomic E-state index is 12.8. The van der Waals surface area contributed by atoms with Gasteiger partial charge in [0.1, 0.15) is 12.1 Å². The van der Waals surface area contributed by atoms with Crippen LogP contribution in [0.25, 0.3) is 0 Å². The second-order valence-corrected chi connectivity index (χ2v) is 7.34. The molecule has 6 nitrogen and oxygen atoms in total. The van der Waals surface area contributed by atoms with E-state index in [4.69, 9.17) is 0 Å². The maximum atomic E-state index is 12.8. The Morgan fingerprint density at radius 2 is 1.84 bits per heavy atom. The summed E-state index contributed by atoms with van der Waals surface area (Å²) in [6.45, 7) is 3.65. The van der Waals surface area contributed by atoms with Gasteiger partial charge in [-0.2, -0.15) is 0 Å². The Balaban J connectivity index is 1.64. The van der Waals surface area contributed by atoms with E-state index in [0.29, 0.717) is 11.5 Å². The number of carbonyl (C=O) groups is 3. The molecule has 0 radical (unpaired) electrons. The minimum atomic E-state index is -1.13. The summed E-state index contributed by atoms with van der Waals surface area (Å²) in [5, 5.41) is 5.68. The van der Waals surface area contributed by atoms with Crippen molar-refractivity contribution in [3.63, 3.8) is 0 Å². The Morgan fingerprint density at radius 1 is 1.20 bits per heavy atom. The second kappa shape index (κ2) is 6.86. The molecule has 3 rings (SSSR count). The zero-order chi connectivity index (χ0) is 18.0. The van der Waals surface area contributed by atoms with Gasteiger partial charge in [0.2, 0.25) is 5.91 Å². The third kappa shape index (κ3) is 3.52. The summed E-state index contributed by atoms with van der Waals surface area (Å²) in [5.41, 5.74) is -0.420. The van der Waals surface area contributed by atoms with Crippen molar-refractivity contribution >= 4 is 17.8 Å². The molecule has 1 aromatic carbocycles. The summed E-state index contributed by atoms with van der Waals surface area (Å²) in [6, 6.07) is 8.70. The van der Waals surface area contributed by atoms with Crippen LogP contribution in [0, 0.1) is 5.92 Å². The third-order valence-electron chi connectivity index (χ3n) is 5.31. The molecule has 0 bridgehead atoms. The third-order valence-corrected chi connectivity index (χ3v) is 5.31. The van der Waals surface area contributed by atoms with Crippen molar-refractivity contribution in [3.05, 3.63) is 35.9 Å². The van der Waals surface area contributed by atoms with Crippen molar-refractivity contribution in [3.8, 4) is 0 Å². The van der Waals surface area contributed by atoms with Gasteiger partial charge in [0.15, 0.2) is 0 Å². The molecule has 1 aliphatic heterocycles. The van der Waals surface area contributed by atoms with Crippen molar-refractivity contribution < 1.29 is 14.4 Å². The molecule has 2 N–H and O–H groups in total. The molecule has 1 saturated carbocycles. The molecular formula is C19H25N3O3. The van der Waals surface area contributed by atoms with Crippen LogP contribution < -0.4 is 10.6 Å². The molecule has 1 heterocycles. The van der Waals surface area contributed by atoms with Crippen molar-refractivity contribution in [2.75, 3.05) is 6.54 Å². The molecule has 1 aliphatic carbocycles. The predicted octanol–water partition coefficient (Wildman–Crippen LogP) is 2.15. The van der Waals surface area contributed by atoms with Gasteiger partial charge in [-0.05, 0) is 44.1 Å². The lowest BCUT2D eigenvalue weighted by molar-refractivity contribution is -0.135. The second-order valence-electron chi connectivity index (χ2n) is 7.34. The molecule has 25 heavy (non-hydrogen) atoms. The van der Waals surface area contributed by atoms with Crippen LogP contribution in [0.1, 0.15) is 45.1 Å². The molecule has 2 fully saturated rings. The Labute approximate surface area is 148 Å². The van der Waals surface area contributed by atoms with Gasteiger partial charge in [0, 0.05) is 6.04 Å². The number of urea groups is 1. The first-order valence-corrected chi connectivity index (χ1v) is 8.89. The van der Waals surface area contributed by atoms with Crippen LogP contribution >= 0.6 is 0 Å². The first-order chi connectivity index (χ1) is 11.9. The normalized spacial score (nSPS) is 29.4. The molecule has 4 amide bonds. The summed E-state index contributed by atoms with van der Waals surface area (Å²) in [5.74, 6) is 0.0298. The highest BCUT2D eigenvalue weighted by Crippen LogP contribution is 2.28. The van der Waals surface area contributed by atoms with Gasteiger partial charge in [-0.25, -0.2) is 4.79 Å². The SMILES string of the molecule is CC1CCC(NC(=O)CN2C(=O)N[C@](C)(c3ccccc3)C2=O)CC1. The van der Waals surface area contributed by atoms with Crippen LogP contribution in [-0.2, 0) is 15.1 Å². The fourth-order valence-electron chi connectivity index (χ4n) is 3.63. The summed E-state index contributed by atoms with van der Waals surface area (Å²) < 4.78 is 0. The largest absolute Gasteiger partial charge is 0.352 e. The van der Waals surface area contributed by atoms with Crippen molar-refractivity contribution in [2.45, 2.75) is 51.1 Å². The molecular weight excluding hydrogens is 318 g/mol. The van der Waals surface area contributed by atoms with E-state index in [2.05, 4.69) is 17.6 Å². The summed E-state index contributed by atoms with van der Waals surface area (Å²) in [4.78, 5) is 38.3. The Morgan fingerprint density at radius 3 is 2.48 bits per heavy atom. The zero-order valence-corrected chi connectivity index (χ0v) is 14.7. The summed E-state index contributed by atoms with van der Waals surface area (Å²) in [7, 11) is 0. The van der Waals surface area contributed by atoms with Gasteiger partial charge >= 0.3 is 6.03 Å². The van der Waals surface area contributed by atoms with E-state index in [1.807, 2.05) is 18.2 Å². The molecule has 1 saturated heterocycles. The van der Waals surface area contributed by atoms with E-state index < -0.39 is 17.5 Å². The summed E-state index contributed by atoms with van der Waals surface area (Å²) >= 11 is 0. The van der Waals surface area contributed by atoms with E-state index in [9.17, 15) is 14.4 Å². The average Bonchev–Trinajstić information content (AvgIpc) is 2.82. The number of hydrogen-bond donors (Lipinski definition) is 2. The molecule has 0 unspecified atom stereocenters. The molecule has 6 heteroatoms. The first-order valence-electron chi connectivity index (χ1n) is 8.89. The van der Waals surface area contributed by atoms with Crippen LogP contribution in [0.3, 0.4) is 0 Å². The monoisotopic (exact) mass is 343 g/mol. The van der Waals surface area contributed by atoms with E-state index in [-0.39, 0.29) is 18.5 Å². The number of benzene rings is 1. The number of hydrogen-bond acceptors (Lipinski definition) is 3. The molecule has 2 aliphatic rings. The standard InChI is InChI=1S/C19H25N3O3/c1-13-8-10-15(11-9-13)20-16(23)12-22-17(24)19(2,21-18(22)25)14-6-4-3-5-7-14/h3-7,13,15H,8-12H2,1-2H3,(H,20,23)(H,21,25)/t13?,15?,19-/m1/s1. The molecule has 134 valence electrons. The fourth-order valence-corrected chi connectivity index (χ4v) is 3.63. The Kier molecular flexibility index (Phi) is 4.79. The van der Waals surface area contributed by atoms with Crippen LogP contribution in [-0.4, -0.2) is 35.3 Å². The maximum Gasteiger partial charge on any atom is 0.325 e. The molecule has 0 aromatic heterocycles. The lowest BCUT2D eigenvalue weighted by Gasteiger charge is -2.27. The van der Waals surface area contributed by atoms with E-state index in [1.165, 1.54) is 0 Å². The van der Waals surface area contributed by atoms with Gasteiger partial charge < -0.3 is 10.6 Å². The minimum absolute atomic E-state index is 0.143. The van der Waals surface area contributed by atoms with Crippen LogP contribution in [0.15, 0.2) is 30.3 Å². The highest BCUT2D eigenvalue weighted by atomic mass is 16.2. The van der Waals surface area contributed by atoms with E-state index in [1.54, 1.807) is 19.1 Å². The van der Waals surface area contributed by atoms with E-state index >= 15 is 0 Å². The van der Waals surface area contributed by atoms with Gasteiger partial charge in [0.05, 0.1) is 0 Å². The molecule has 1 aromatic rings. The van der Waals surface area contributed by atoms with Crippen molar-refractivity contribution in [1.82, 2.24) is 15.5 Å². The first kappa shape index (κ1) is 17.5. The van der Waals surface area contributed by atoms with Gasteiger partial charge in [-0.15, -0.1) is 0 Å². The van der Waals surface area contributed by atoms with E-state index in [0.717, 1.165) is 30.6 Å². The Hall–Kier alpha value is -2.37. The predicted molar refractivity (Wildman–Crippen MR) is 93.6 cm³/mol. The average molecular weight is 343 g/mol. The fraction of sp³-hybridized carbons (Fsp3) is 0.526. The van der Waals surface area contributed by atoms with Crippen molar-refractivity contribution in [2.24, 2.45) is 5.92 Å². The number of nitrogens with one attached hydrogen (secondary N) is 2. The Bertz CT molecular complexity index is 668.